The van der Waals surface area contributed by atoms with E-state index in [1.807, 2.05) is 13.8 Å². The Hall–Kier alpha value is -2.48. The minimum absolute atomic E-state index is 0.108. The summed E-state index contributed by atoms with van der Waals surface area (Å²) in [5.41, 5.74) is 2.70. The highest BCUT2D eigenvalue weighted by molar-refractivity contribution is 5.49. The smallest absolute Gasteiger partial charge is 0.209 e. The zero-order valence-electron chi connectivity index (χ0n) is 13.8. The Balaban J connectivity index is 1.86. The lowest BCUT2D eigenvalue weighted by atomic mass is 10.2. The van der Waals surface area contributed by atoms with Crippen molar-refractivity contribution >= 4 is 6.41 Å². The molecule has 0 bridgehead atoms. The number of halogens is 1. The van der Waals surface area contributed by atoms with Crippen molar-refractivity contribution in [1.29, 1.82) is 0 Å². The van der Waals surface area contributed by atoms with Crippen molar-refractivity contribution in [3.63, 3.8) is 0 Å². The molecule has 3 heterocycles. The van der Waals surface area contributed by atoms with Gasteiger partial charge in [0.15, 0.2) is 17.4 Å². The first kappa shape index (κ1) is 16.4. The second-order valence-corrected chi connectivity index (χ2v) is 5.77. The summed E-state index contributed by atoms with van der Waals surface area (Å²) in [7, 11) is 1.62. The van der Waals surface area contributed by atoms with Gasteiger partial charge in [0.25, 0.3) is 0 Å². The molecular formula is C16H19FN4O3. The highest BCUT2D eigenvalue weighted by Crippen LogP contribution is 2.24. The summed E-state index contributed by atoms with van der Waals surface area (Å²) in [6.07, 6.45) is 1.67. The van der Waals surface area contributed by atoms with Crippen LogP contribution < -0.4 is 4.74 Å². The molecule has 0 unspecified atom stereocenters. The van der Waals surface area contributed by atoms with Gasteiger partial charge in [-0.1, -0.05) is 0 Å². The number of aromatic nitrogens is 3. The Kier molecular flexibility index (Phi) is 4.48. The van der Waals surface area contributed by atoms with Crippen molar-refractivity contribution in [1.82, 2.24) is 19.7 Å². The van der Waals surface area contributed by atoms with E-state index in [4.69, 9.17) is 9.47 Å². The van der Waals surface area contributed by atoms with E-state index in [2.05, 4.69) is 10.1 Å². The first-order valence-electron chi connectivity index (χ1n) is 7.59. The van der Waals surface area contributed by atoms with E-state index < -0.39 is 5.82 Å². The van der Waals surface area contributed by atoms with Crippen molar-refractivity contribution < 1.29 is 18.7 Å². The molecule has 0 aliphatic carbocycles. The molecule has 2 aromatic heterocycles. The highest BCUT2D eigenvalue weighted by atomic mass is 19.1. The number of aryl methyl sites for hydroxylation is 1. The molecule has 0 radical (unpaired) electrons. The SMILES string of the molecule is COCc1c(C)nn(-c2cc(OC3CN(C=O)C3)c(F)cn2)c1C. The molecule has 0 saturated carbocycles. The van der Waals surface area contributed by atoms with E-state index in [1.54, 1.807) is 16.7 Å². The maximum absolute atomic E-state index is 14.0. The van der Waals surface area contributed by atoms with Crippen LogP contribution in [0.15, 0.2) is 12.3 Å². The molecule has 1 saturated heterocycles. The maximum atomic E-state index is 14.0. The summed E-state index contributed by atoms with van der Waals surface area (Å²) in [6, 6.07) is 1.52. The van der Waals surface area contributed by atoms with E-state index in [-0.39, 0.29) is 11.9 Å². The average Bonchev–Trinajstić information content (AvgIpc) is 2.80. The van der Waals surface area contributed by atoms with Gasteiger partial charge in [-0.3, -0.25) is 4.79 Å². The number of likely N-dealkylation sites (tertiary alicyclic amines) is 1. The third kappa shape index (κ3) is 2.96. The third-order valence-electron chi connectivity index (χ3n) is 4.07. The minimum atomic E-state index is -0.540. The fourth-order valence-electron chi connectivity index (χ4n) is 2.68. The lowest BCUT2D eigenvalue weighted by molar-refractivity contribution is -0.126. The Bertz CT molecular complexity index is 756. The monoisotopic (exact) mass is 334 g/mol. The predicted molar refractivity (Wildman–Crippen MR) is 83.6 cm³/mol. The lowest BCUT2D eigenvalue weighted by Gasteiger charge is -2.36. The number of amides is 1. The zero-order valence-corrected chi connectivity index (χ0v) is 13.8. The Morgan fingerprint density at radius 3 is 2.83 bits per heavy atom. The third-order valence-corrected chi connectivity index (χ3v) is 4.07. The summed E-state index contributed by atoms with van der Waals surface area (Å²) in [4.78, 5) is 16.2. The molecule has 2 aromatic rings. The van der Waals surface area contributed by atoms with Crippen molar-refractivity contribution in [2.24, 2.45) is 0 Å². The summed E-state index contributed by atoms with van der Waals surface area (Å²) in [5, 5.41) is 4.45. The fourth-order valence-corrected chi connectivity index (χ4v) is 2.68. The molecule has 1 aliphatic rings. The van der Waals surface area contributed by atoms with Crippen LogP contribution in [0.4, 0.5) is 4.39 Å². The zero-order chi connectivity index (χ0) is 17.3. The van der Waals surface area contributed by atoms with Crippen LogP contribution in [0.5, 0.6) is 5.75 Å². The molecule has 1 aliphatic heterocycles. The van der Waals surface area contributed by atoms with Gasteiger partial charge in [0, 0.05) is 24.4 Å². The van der Waals surface area contributed by atoms with Crippen LogP contribution in [0.25, 0.3) is 5.82 Å². The Labute approximate surface area is 139 Å². The molecule has 0 aromatic carbocycles. The molecule has 128 valence electrons. The van der Waals surface area contributed by atoms with Crippen molar-refractivity contribution in [3.05, 3.63) is 35.0 Å². The van der Waals surface area contributed by atoms with Gasteiger partial charge in [-0.05, 0) is 13.8 Å². The predicted octanol–water partition coefficient (Wildman–Crippen LogP) is 1.39. The summed E-state index contributed by atoms with van der Waals surface area (Å²) < 4.78 is 26.4. The van der Waals surface area contributed by atoms with Crippen LogP contribution in [0.3, 0.4) is 0 Å². The Morgan fingerprint density at radius 2 is 2.17 bits per heavy atom. The normalized spacial score (nSPS) is 14.6. The second kappa shape index (κ2) is 6.56. The second-order valence-electron chi connectivity index (χ2n) is 5.77. The number of methoxy groups -OCH3 is 1. The number of nitrogens with zero attached hydrogens (tertiary/aromatic N) is 4. The largest absolute Gasteiger partial charge is 0.483 e. The number of ether oxygens (including phenoxy) is 2. The van der Waals surface area contributed by atoms with E-state index >= 15 is 0 Å². The van der Waals surface area contributed by atoms with Gasteiger partial charge in [-0.2, -0.15) is 5.10 Å². The van der Waals surface area contributed by atoms with Gasteiger partial charge in [0.1, 0.15) is 6.10 Å². The number of hydrogen-bond donors (Lipinski definition) is 0. The van der Waals surface area contributed by atoms with Gasteiger partial charge in [-0.15, -0.1) is 0 Å². The van der Waals surface area contributed by atoms with Gasteiger partial charge >= 0.3 is 0 Å². The molecule has 7 nitrogen and oxygen atoms in total. The first-order valence-corrected chi connectivity index (χ1v) is 7.59. The molecule has 3 rings (SSSR count). The lowest BCUT2D eigenvalue weighted by Crippen LogP contribution is -2.52. The quantitative estimate of drug-likeness (QED) is 0.747. The summed E-state index contributed by atoms with van der Waals surface area (Å²) in [5.74, 6) is 0.0410. The number of pyridine rings is 1. The first-order chi connectivity index (χ1) is 11.5. The molecule has 24 heavy (non-hydrogen) atoms. The molecule has 0 N–H and O–H groups in total. The van der Waals surface area contributed by atoms with Crippen LogP contribution in [0.2, 0.25) is 0 Å². The van der Waals surface area contributed by atoms with E-state index in [1.165, 1.54) is 6.07 Å². The molecular weight excluding hydrogens is 315 g/mol. The minimum Gasteiger partial charge on any atom is -0.483 e. The van der Waals surface area contributed by atoms with Gasteiger partial charge in [0.05, 0.1) is 31.6 Å². The summed E-state index contributed by atoms with van der Waals surface area (Å²) in [6.45, 7) is 5.16. The van der Waals surface area contributed by atoms with Gasteiger partial charge in [-0.25, -0.2) is 14.1 Å². The number of rotatable bonds is 6. The maximum Gasteiger partial charge on any atom is 0.209 e. The van der Waals surface area contributed by atoms with Crippen LogP contribution in [-0.4, -0.2) is 52.4 Å². The van der Waals surface area contributed by atoms with Crippen LogP contribution in [0.1, 0.15) is 17.0 Å². The number of carbonyl (C=O) groups is 1. The molecule has 1 amide bonds. The molecule has 0 atom stereocenters. The van der Waals surface area contributed by atoms with Crippen molar-refractivity contribution in [3.8, 4) is 11.6 Å². The molecule has 1 fully saturated rings. The van der Waals surface area contributed by atoms with E-state index in [9.17, 15) is 9.18 Å². The van der Waals surface area contributed by atoms with Crippen molar-refractivity contribution in [2.45, 2.75) is 26.6 Å². The summed E-state index contributed by atoms with van der Waals surface area (Å²) >= 11 is 0. The van der Waals surface area contributed by atoms with E-state index in [0.717, 1.165) is 29.6 Å². The highest BCUT2D eigenvalue weighted by Gasteiger charge is 2.28. The fraction of sp³-hybridized carbons (Fsp3) is 0.438. The molecule has 0 spiro atoms. The van der Waals surface area contributed by atoms with Crippen LogP contribution in [-0.2, 0) is 16.1 Å². The molecule has 8 heteroatoms. The van der Waals surface area contributed by atoms with Crippen LogP contribution >= 0.6 is 0 Å². The standard InChI is InChI=1S/C16H19FN4O3/c1-10-13(8-23-3)11(2)21(19-10)16-4-15(14(17)5-18-16)24-12-6-20(7-12)9-22/h4-5,9,12H,6-8H2,1-3H3. The Morgan fingerprint density at radius 1 is 1.42 bits per heavy atom. The van der Waals surface area contributed by atoms with Gasteiger partial charge < -0.3 is 14.4 Å². The van der Waals surface area contributed by atoms with Crippen molar-refractivity contribution in [2.75, 3.05) is 20.2 Å². The van der Waals surface area contributed by atoms with E-state index in [0.29, 0.717) is 25.5 Å². The number of carbonyl (C=O) groups excluding carboxylic acids is 1. The average molecular weight is 334 g/mol. The van der Waals surface area contributed by atoms with Crippen LogP contribution in [0, 0.1) is 19.7 Å². The topological polar surface area (TPSA) is 69.5 Å². The number of hydrogen-bond acceptors (Lipinski definition) is 5. The van der Waals surface area contributed by atoms with Gasteiger partial charge in [0.2, 0.25) is 6.41 Å².